The number of hydrogen-bond donors (Lipinski definition) is 4. The van der Waals surface area contributed by atoms with E-state index in [1.54, 1.807) is 0 Å². The second kappa shape index (κ2) is 9.74. The van der Waals surface area contributed by atoms with Gasteiger partial charge < -0.3 is 29.3 Å². The van der Waals surface area contributed by atoms with Crippen LogP contribution in [0.4, 0.5) is 4.39 Å². The van der Waals surface area contributed by atoms with Crippen LogP contribution in [-0.2, 0) is 29.2 Å². The van der Waals surface area contributed by atoms with Crippen LogP contribution in [0.2, 0.25) is 0 Å². The van der Waals surface area contributed by atoms with Crippen molar-refractivity contribution in [1.82, 2.24) is 14.3 Å². The number of fused-ring (bicyclic) bond motifs is 1. The predicted molar refractivity (Wildman–Crippen MR) is 117 cm³/mol. The van der Waals surface area contributed by atoms with Gasteiger partial charge >= 0.3 is 21.1 Å². The van der Waals surface area contributed by atoms with Crippen LogP contribution in [0.5, 0.6) is 0 Å². The van der Waals surface area contributed by atoms with Gasteiger partial charge in [0, 0.05) is 30.4 Å². The van der Waals surface area contributed by atoms with Gasteiger partial charge in [0.1, 0.15) is 29.8 Å². The Morgan fingerprint density at radius 2 is 1.89 bits per heavy atom. The summed E-state index contributed by atoms with van der Waals surface area (Å²) in [7, 11) is -9.42. The normalized spacial score (nSPS) is 25.6. The summed E-state index contributed by atoms with van der Waals surface area (Å²) < 4.78 is 57.0. The first kappa shape index (κ1) is 26.5. The highest BCUT2D eigenvalue weighted by molar-refractivity contribution is 7.63. The summed E-state index contributed by atoms with van der Waals surface area (Å²) in [5.41, 5.74) is -1.46. The number of halogens is 1. The molecule has 3 unspecified atom stereocenters. The number of phosphoric acid groups is 1. The Balaban J connectivity index is 1.57. The number of rotatable bonds is 8. The largest absolute Gasteiger partial charge is 0.479 e. The number of phosphoric ester groups is 1. The molecule has 4 rings (SSSR count). The summed E-state index contributed by atoms with van der Waals surface area (Å²) in [4.78, 5) is 44.1. The second-order valence-corrected chi connectivity index (χ2v) is 11.3. The first-order valence-corrected chi connectivity index (χ1v) is 13.6. The summed E-state index contributed by atoms with van der Waals surface area (Å²) in [5, 5.41) is 24.8. The Morgan fingerprint density at radius 1 is 1.17 bits per heavy atom. The number of aliphatic hydroxyl groups excluding tert-OH is 2. The van der Waals surface area contributed by atoms with Crippen LogP contribution < -0.4 is 11.2 Å². The molecule has 6 atom stereocenters. The van der Waals surface area contributed by atoms with E-state index in [0.717, 1.165) is 33.5 Å². The van der Waals surface area contributed by atoms with E-state index in [-0.39, 0.29) is 17.8 Å². The standard InChI is InChI=1S/C18H20FN3O12P2/c1-35(27,28)34-36(29,30)31-8-13-15(24)16(25)17(32-13)21-5-4-14(23)22(18(21)26)7-11-10-3-2-9(19)6-12(10)33-20-11/h2-6,13,15-17,24-25H,7-8H2,1H3,(H,27,28)(H,29,30)/t13-,15?,16+,17-/m1/s1. The summed E-state index contributed by atoms with van der Waals surface area (Å²) in [5.74, 6) is -0.571. The van der Waals surface area contributed by atoms with E-state index < -0.39 is 63.6 Å². The maximum Gasteiger partial charge on any atom is 0.479 e. The Kier molecular flexibility index (Phi) is 7.18. The van der Waals surface area contributed by atoms with Crippen molar-refractivity contribution in [2.24, 2.45) is 0 Å². The Morgan fingerprint density at radius 3 is 2.58 bits per heavy atom. The first-order valence-electron chi connectivity index (χ1n) is 10.1. The van der Waals surface area contributed by atoms with Gasteiger partial charge in [-0.2, -0.15) is 0 Å². The monoisotopic (exact) mass is 551 g/mol. The minimum absolute atomic E-state index is 0.0978. The molecule has 1 fully saturated rings. The topological polar surface area (TPSA) is 213 Å². The molecule has 0 amide bonds. The number of hydrogen-bond acceptors (Lipinski definition) is 11. The van der Waals surface area contributed by atoms with Gasteiger partial charge in [0.25, 0.3) is 5.56 Å². The molecule has 3 aromatic rings. The maximum absolute atomic E-state index is 13.4. The minimum atomic E-state index is -5.02. The molecule has 4 N–H and O–H groups in total. The lowest BCUT2D eigenvalue weighted by molar-refractivity contribution is -0.0546. The van der Waals surface area contributed by atoms with Crippen molar-refractivity contribution in [2.45, 2.75) is 31.1 Å². The third-order valence-corrected chi connectivity index (χ3v) is 7.69. The predicted octanol–water partition coefficient (Wildman–Crippen LogP) is -0.0934. The zero-order valence-corrected chi connectivity index (χ0v) is 20.1. The number of aliphatic hydroxyl groups is 2. The van der Waals surface area contributed by atoms with Crippen LogP contribution in [0, 0.1) is 5.82 Å². The summed E-state index contributed by atoms with van der Waals surface area (Å²) >= 11 is 0. The van der Waals surface area contributed by atoms with Crippen LogP contribution >= 0.6 is 15.4 Å². The van der Waals surface area contributed by atoms with E-state index in [9.17, 15) is 38.2 Å². The Hall–Kier alpha value is -2.52. The lowest BCUT2D eigenvalue weighted by Crippen LogP contribution is -2.43. The number of ether oxygens (including phenoxy) is 1. The van der Waals surface area contributed by atoms with Crippen molar-refractivity contribution >= 4 is 26.4 Å². The molecule has 0 aliphatic carbocycles. The summed E-state index contributed by atoms with van der Waals surface area (Å²) in [6, 6.07) is 4.59. The molecular weight excluding hydrogens is 531 g/mol. The van der Waals surface area contributed by atoms with Crippen molar-refractivity contribution < 1.29 is 51.6 Å². The fourth-order valence-electron chi connectivity index (χ4n) is 3.58. The molecule has 196 valence electrons. The molecule has 2 aromatic heterocycles. The average molecular weight is 551 g/mol. The fraction of sp³-hybridized carbons (Fsp3) is 0.389. The molecule has 18 heteroatoms. The first-order chi connectivity index (χ1) is 16.8. The number of nitrogens with zero attached hydrogens (tertiary/aromatic N) is 3. The van der Waals surface area contributed by atoms with Crippen LogP contribution in [0.1, 0.15) is 11.9 Å². The van der Waals surface area contributed by atoms with Gasteiger partial charge in [0.2, 0.25) is 0 Å². The molecule has 0 radical (unpaired) electrons. The van der Waals surface area contributed by atoms with Crippen LogP contribution in [0.25, 0.3) is 11.0 Å². The van der Waals surface area contributed by atoms with Gasteiger partial charge in [-0.3, -0.25) is 23.0 Å². The Bertz CT molecular complexity index is 1500. The average Bonchev–Trinajstić information content (AvgIpc) is 3.28. The maximum atomic E-state index is 13.4. The highest BCUT2D eigenvalue weighted by Gasteiger charge is 2.45. The van der Waals surface area contributed by atoms with Crippen molar-refractivity contribution in [1.29, 1.82) is 0 Å². The molecule has 0 spiro atoms. The fourth-order valence-corrected chi connectivity index (χ4v) is 5.63. The quantitative estimate of drug-likeness (QED) is 0.270. The smallest absolute Gasteiger partial charge is 0.387 e. The molecule has 3 heterocycles. The van der Waals surface area contributed by atoms with Gasteiger partial charge in [-0.05, 0) is 12.1 Å². The van der Waals surface area contributed by atoms with Crippen molar-refractivity contribution in [3.8, 4) is 0 Å². The molecule has 0 saturated carbocycles. The lowest BCUT2D eigenvalue weighted by Gasteiger charge is -2.19. The van der Waals surface area contributed by atoms with E-state index in [1.807, 2.05) is 0 Å². The van der Waals surface area contributed by atoms with E-state index in [4.69, 9.17) is 14.2 Å². The van der Waals surface area contributed by atoms with Gasteiger partial charge in [-0.25, -0.2) is 18.1 Å². The summed E-state index contributed by atoms with van der Waals surface area (Å²) in [6.45, 7) is -0.585. The van der Waals surface area contributed by atoms with E-state index in [2.05, 4.69) is 14.0 Å². The highest BCUT2D eigenvalue weighted by atomic mass is 31.3. The Labute approximate surface area is 200 Å². The van der Waals surface area contributed by atoms with E-state index >= 15 is 0 Å². The van der Waals surface area contributed by atoms with Crippen molar-refractivity contribution in [3.63, 3.8) is 0 Å². The van der Waals surface area contributed by atoms with Crippen molar-refractivity contribution in [3.05, 3.63) is 62.8 Å². The highest BCUT2D eigenvalue weighted by Crippen LogP contribution is 2.58. The van der Waals surface area contributed by atoms with Gasteiger partial charge in [0.15, 0.2) is 11.8 Å². The SMILES string of the molecule is CP(=O)(O)OP(=O)(O)OC[C@H]1O[C@@H](n2ccc(=O)n(Cc3noc4cc(F)ccc34)c2=O)[C@@H](O)C1O. The van der Waals surface area contributed by atoms with Crippen molar-refractivity contribution in [2.75, 3.05) is 13.3 Å². The summed E-state index contributed by atoms with van der Waals surface area (Å²) in [6.07, 6.45) is -5.47. The molecule has 1 aliphatic rings. The van der Waals surface area contributed by atoms with Crippen LogP contribution in [-0.4, -0.2) is 65.9 Å². The molecule has 1 aliphatic heterocycles. The molecule has 36 heavy (non-hydrogen) atoms. The molecule has 1 saturated heterocycles. The van der Waals surface area contributed by atoms with E-state index in [1.165, 1.54) is 6.07 Å². The minimum Gasteiger partial charge on any atom is -0.387 e. The zero-order valence-electron chi connectivity index (χ0n) is 18.3. The second-order valence-electron chi connectivity index (χ2n) is 7.89. The molecular formula is C18H20FN3O12P2. The third-order valence-electron chi connectivity index (χ3n) is 5.18. The van der Waals surface area contributed by atoms with E-state index in [0.29, 0.717) is 12.1 Å². The number of aromatic nitrogens is 3. The van der Waals surface area contributed by atoms with Crippen LogP contribution in [0.3, 0.4) is 0 Å². The van der Waals surface area contributed by atoms with Gasteiger partial charge in [-0.1, -0.05) is 5.16 Å². The molecule has 0 bridgehead atoms. The lowest BCUT2D eigenvalue weighted by atomic mass is 10.1. The van der Waals surface area contributed by atoms with Crippen LogP contribution in [0.15, 0.2) is 44.6 Å². The van der Waals surface area contributed by atoms with Gasteiger partial charge in [0.05, 0.1) is 13.2 Å². The molecule has 1 aromatic carbocycles. The third kappa shape index (κ3) is 5.57. The van der Waals surface area contributed by atoms with Gasteiger partial charge in [-0.15, -0.1) is 0 Å². The zero-order chi connectivity index (χ0) is 26.4. The number of benzene rings is 1. The molecule has 15 nitrogen and oxygen atoms in total.